The van der Waals surface area contributed by atoms with Gasteiger partial charge in [0.05, 0.1) is 0 Å². The molecular formula is C28H39N3O2. The summed E-state index contributed by atoms with van der Waals surface area (Å²) in [6.45, 7) is 3.98. The topological polar surface area (TPSA) is 61.4 Å². The lowest BCUT2D eigenvalue weighted by molar-refractivity contribution is -0.124. The Balaban J connectivity index is 1.17. The maximum atomic E-state index is 13.5. The van der Waals surface area contributed by atoms with Gasteiger partial charge < -0.3 is 15.5 Å². The van der Waals surface area contributed by atoms with Gasteiger partial charge in [0.15, 0.2) is 0 Å². The van der Waals surface area contributed by atoms with Crippen molar-refractivity contribution >= 4 is 17.5 Å². The van der Waals surface area contributed by atoms with Gasteiger partial charge in [-0.1, -0.05) is 13.0 Å². The Morgan fingerprint density at radius 2 is 1.91 bits per heavy atom. The molecule has 5 nitrogen and oxygen atoms in total. The van der Waals surface area contributed by atoms with Gasteiger partial charge in [-0.25, -0.2) is 0 Å². The Labute approximate surface area is 198 Å². The van der Waals surface area contributed by atoms with Gasteiger partial charge in [-0.05, 0) is 112 Å². The average molecular weight is 450 g/mol. The van der Waals surface area contributed by atoms with Gasteiger partial charge in [0, 0.05) is 36.3 Å². The van der Waals surface area contributed by atoms with Crippen LogP contribution in [0.15, 0.2) is 18.2 Å². The van der Waals surface area contributed by atoms with Gasteiger partial charge in [0.2, 0.25) is 5.91 Å². The molecule has 178 valence electrons. The highest BCUT2D eigenvalue weighted by Crippen LogP contribution is 2.61. The van der Waals surface area contributed by atoms with Gasteiger partial charge >= 0.3 is 0 Å². The Morgan fingerprint density at radius 1 is 1.18 bits per heavy atom. The van der Waals surface area contributed by atoms with Crippen molar-refractivity contribution in [2.75, 3.05) is 18.4 Å². The fourth-order valence-corrected chi connectivity index (χ4v) is 8.78. The molecule has 0 radical (unpaired) electrons. The SMILES string of the molecule is CCC(C1CCCN1)N1CCc2c(NC(=O)CC34CC5CC(CC(C5)C3)C4)cccc2C1=O. The first kappa shape index (κ1) is 21.6. The van der Waals surface area contributed by atoms with Crippen LogP contribution in [0.3, 0.4) is 0 Å². The first-order chi connectivity index (χ1) is 16.0. The van der Waals surface area contributed by atoms with Crippen molar-refractivity contribution in [3.63, 3.8) is 0 Å². The number of nitrogens with zero attached hydrogens (tertiary/aromatic N) is 1. The molecule has 2 amide bonds. The molecular weight excluding hydrogens is 410 g/mol. The summed E-state index contributed by atoms with van der Waals surface area (Å²) in [6.07, 6.45) is 12.8. The second kappa shape index (κ2) is 8.41. The average Bonchev–Trinajstić information content (AvgIpc) is 3.29. The number of anilines is 1. The fraction of sp³-hybridized carbons (Fsp3) is 0.714. The minimum absolute atomic E-state index is 0.133. The molecule has 1 aromatic rings. The lowest BCUT2D eigenvalue weighted by atomic mass is 9.49. The van der Waals surface area contributed by atoms with Crippen LogP contribution in [0, 0.1) is 23.2 Å². The summed E-state index contributed by atoms with van der Waals surface area (Å²) < 4.78 is 0. The van der Waals surface area contributed by atoms with Crippen LogP contribution in [0.4, 0.5) is 5.69 Å². The van der Waals surface area contributed by atoms with Crippen LogP contribution in [0.5, 0.6) is 0 Å². The number of hydrogen-bond acceptors (Lipinski definition) is 3. The maximum Gasteiger partial charge on any atom is 0.254 e. The van der Waals surface area contributed by atoms with Gasteiger partial charge in [0.1, 0.15) is 0 Å². The number of benzene rings is 1. The molecule has 2 atom stereocenters. The molecule has 4 bridgehead atoms. The fourth-order valence-electron chi connectivity index (χ4n) is 8.78. The van der Waals surface area contributed by atoms with Crippen molar-refractivity contribution in [1.29, 1.82) is 0 Å². The molecule has 0 aromatic heterocycles. The number of carbonyl (C=O) groups excluding carboxylic acids is 2. The highest BCUT2D eigenvalue weighted by Gasteiger charge is 2.51. The zero-order chi connectivity index (χ0) is 22.6. The quantitative estimate of drug-likeness (QED) is 0.658. The van der Waals surface area contributed by atoms with Gasteiger partial charge in [-0.15, -0.1) is 0 Å². The number of fused-ring (bicyclic) bond motifs is 1. The lowest BCUT2D eigenvalue weighted by Gasteiger charge is -2.56. The molecule has 4 saturated carbocycles. The number of rotatable bonds is 6. The number of amides is 2. The van der Waals surface area contributed by atoms with Crippen LogP contribution < -0.4 is 10.6 Å². The van der Waals surface area contributed by atoms with E-state index in [1.165, 1.54) is 44.9 Å². The Hall–Kier alpha value is -1.88. The molecule has 2 unspecified atom stereocenters. The highest BCUT2D eigenvalue weighted by molar-refractivity contribution is 6.00. The van der Waals surface area contributed by atoms with E-state index in [1.54, 1.807) is 0 Å². The normalized spacial score (nSPS) is 35.5. The number of nitrogens with one attached hydrogen (secondary N) is 2. The first-order valence-electron chi connectivity index (χ1n) is 13.5. The van der Waals surface area contributed by atoms with E-state index in [2.05, 4.69) is 22.5 Å². The van der Waals surface area contributed by atoms with Crippen LogP contribution in [0.25, 0.3) is 0 Å². The predicted molar refractivity (Wildman–Crippen MR) is 130 cm³/mol. The van der Waals surface area contributed by atoms with E-state index in [9.17, 15) is 9.59 Å². The van der Waals surface area contributed by atoms with Crippen LogP contribution in [-0.2, 0) is 11.2 Å². The Morgan fingerprint density at radius 3 is 2.55 bits per heavy atom. The van der Waals surface area contributed by atoms with E-state index in [1.807, 2.05) is 18.2 Å². The molecule has 2 aliphatic heterocycles. The summed E-state index contributed by atoms with van der Waals surface area (Å²) in [5.41, 5.74) is 2.92. The Kier molecular flexibility index (Phi) is 5.51. The largest absolute Gasteiger partial charge is 0.334 e. The van der Waals surface area contributed by atoms with Crippen molar-refractivity contribution in [3.05, 3.63) is 29.3 Å². The molecule has 5 heteroatoms. The zero-order valence-corrected chi connectivity index (χ0v) is 20.1. The van der Waals surface area contributed by atoms with E-state index in [0.29, 0.717) is 12.5 Å². The molecule has 2 heterocycles. The smallest absolute Gasteiger partial charge is 0.254 e. The summed E-state index contributed by atoms with van der Waals surface area (Å²) in [7, 11) is 0. The first-order valence-corrected chi connectivity index (χ1v) is 13.5. The molecule has 33 heavy (non-hydrogen) atoms. The lowest BCUT2D eigenvalue weighted by Crippen LogP contribution is -2.52. The minimum atomic E-state index is 0.133. The molecule has 2 N–H and O–H groups in total. The molecule has 1 saturated heterocycles. The van der Waals surface area contributed by atoms with Crippen molar-refractivity contribution < 1.29 is 9.59 Å². The van der Waals surface area contributed by atoms with E-state index in [0.717, 1.165) is 66.9 Å². The predicted octanol–water partition coefficient (Wildman–Crippen LogP) is 4.76. The molecule has 5 fully saturated rings. The number of hydrogen-bond donors (Lipinski definition) is 2. The third-order valence-electron chi connectivity index (χ3n) is 9.63. The summed E-state index contributed by atoms with van der Waals surface area (Å²) >= 11 is 0. The number of carbonyl (C=O) groups is 2. The highest BCUT2D eigenvalue weighted by atomic mass is 16.2. The monoisotopic (exact) mass is 449 g/mol. The van der Waals surface area contributed by atoms with Crippen molar-refractivity contribution in [1.82, 2.24) is 10.2 Å². The van der Waals surface area contributed by atoms with Gasteiger partial charge in [0.25, 0.3) is 5.91 Å². The minimum Gasteiger partial charge on any atom is -0.334 e. The third kappa shape index (κ3) is 3.90. The summed E-state index contributed by atoms with van der Waals surface area (Å²) in [5, 5.41) is 6.85. The second-order valence-electron chi connectivity index (χ2n) is 11.9. The van der Waals surface area contributed by atoms with Crippen LogP contribution in [-0.4, -0.2) is 41.9 Å². The van der Waals surface area contributed by atoms with Crippen LogP contribution in [0.2, 0.25) is 0 Å². The van der Waals surface area contributed by atoms with Crippen LogP contribution >= 0.6 is 0 Å². The Bertz CT molecular complexity index is 900. The molecule has 6 aliphatic rings. The molecule has 4 aliphatic carbocycles. The summed E-state index contributed by atoms with van der Waals surface area (Å²) in [5.74, 6) is 2.87. The second-order valence-corrected chi connectivity index (χ2v) is 11.9. The third-order valence-corrected chi connectivity index (χ3v) is 9.63. The van der Waals surface area contributed by atoms with Gasteiger partial charge in [-0.3, -0.25) is 9.59 Å². The van der Waals surface area contributed by atoms with Gasteiger partial charge in [-0.2, -0.15) is 0 Å². The van der Waals surface area contributed by atoms with E-state index >= 15 is 0 Å². The maximum absolute atomic E-state index is 13.5. The van der Waals surface area contributed by atoms with Crippen LogP contribution in [0.1, 0.15) is 87.1 Å². The molecule has 1 aromatic carbocycles. The van der Waals surface area contributed by atoms with E-state index in [4.69, 9.17) is 0 Å². The molecule has 0 spiro atoms. The van der Waals surface area contributed by atoms with E-state index < -0.39 is 0 Å². The summed E-state index contributed by atoms with van der Waals surface area (Å²) in [6, 6.07) is 6.55. The van der Waals surface area contributed by atoms with Crippen molar-refractivity contribution in [3.8, 4) is 0 Å². The van der Waals surface area contributed by atoms with Crippen molar-refractivity contribution in [2.45, 2.75) is 89.6 Å². The standard InChI is InChI=1S/C28H39N3O2/c1-2-25(24-7-4-9-29-24)31-10-8-21-22(27(31)33)5-3-6-23(21)30-26(32)17-28-14-18-11-19(15-28)13-20(12-18)16-28/h3,5-6,18-20,24-25,29H,2,4,7-17H2,1H3,(H,30,32). The van der Waals surface area contributed by atoms with E-state index in [-0.39, 0.29) is 23.3 Å². The summed E-state index contributed by atoms with van der Waals surface area (Å²) in [4.78, 5) is 28.8. The molecule has 7 rings (SSSR count). The zero-order valence-electron chi connectivity index (χ0n) is 20.1. The van der Waals surface area contributed by atoms with Crippen molar-refractivity contribution in [2.24, 2.45) is 23.2 Å².